The van der Waals surface area contributed by atoms with Crippen molar-refractivity contribution in [2.24, 2.45) is 4.99 Å². The van der Waals surface area contributed by atoms with E-state index in [9.17, 15) is 0 Å². The van der Waals surface area contributed by atoms with Crippen LogP contribution in [0.3, 0.4) is 0 Å². The fraction of sp³-hybridized carbons (Fsp3) is 0.342. The van der Waals surface area contributed by atoms with Crippen LogP contribution < -0.4 is 15.0 Å². The lowest BCUT2D eigenvalue weighted by Crippen LogP contribution is -2.58. The van der Waals surface area contributed by atoms with Crippen LogP contribution in [0.25, 0.3) is 0 Å². The molecule has 0 spiro atoms. The van der Waals surface area contributed by atoms with Gasteiger partial charge in [0.15, 0.2) is 0 Å². The van der Waals surface area contributed by atoms with Crippen LogP contribution in [0.2, 0.25) is 10.0 Å². The number of pyridine rings is 1. The van der Waals surface area contributed by atoms with Crippen molar-refractivity contribution in [2.45, 2.75) is 64.5 Å². The Morgan fingerprint density at radius 3 is 2.23 bits per heavy atom. The van der Waals surface area contributed by atoms with Gasteiger partial charge in [-0.05, 0) is 74.7 Å². The van der Waals surface area contributed by atoms with Crippen molar-refractivity contribution in [1.29, 1.82) is 0 Å². The second kappa shape index (κ2) is 12.5. The molecule has 1 N–H and O–H groups in total. The lowest BCUT2D eigenvalue weighted by atomic mass is 9.71. The molecule has 0 aliphatic carbocycles. The first-order valence-corrected chi connectivity index (χ1v) is 16.8. The van der Waals surface area contributed by atoms with E-state index in [-0.39, 0.29) is 11.4 Å². The average Bonchev–Trinajstić information content (AvgIpc) is 3.15. The SMILES string of the molecule is CCOc1cc(C(C)(C)C)ncc1C1=N[C@@](C)(c2ccc(Cl)cc2)[C@@](C)(c2ccc(Cl)cc2)N1C(=O)N1CCCNc2ccccc21. The standard InChI is InChI=1S/C38H41Cl2N5O2/c1-7-47-32-23-33(36(2,3)4)42-24-29(32)34-43-37(5,25-13-17-27(39)18-14-25)38(6,26-15-19-28(40)20-16-26)45(34)35(46)44-22-10-21-41-30-11-8-9-12-31(30)44/h8-9,11-20,23-24,41H,7,10,21-22H2,1-6H3/t37-,38+/m0/s1. The van der Waals surface area contributed by atoms with Crippen LogP contribution >= 0.6 is 23.2 Å². The number of benzene rings is 3. The lowest BCUT2D eigenvalue weighted by Gasteiger charge is -2.46. The lowest BCUT2D eigenvalue weighted by molar-refractivity contribution is 0.139. The highest BCUT2D eigenvalue weighted by Crippen LogP contribution is 2.54. The van der Waals surface area contributed by atoms with Crippen molar-refractivity contribution in [3.05, 3.63) is 117 Å². The smallest absolute Gasteiger partial charge is 0.331 e. The zero-order valence-corrected chi connectivity index (χ0v) is 29.3. The molecule has 3 heterocycles. The van der Waals surface area contributed by atoms with E-state index >= 15 is 4.79 Å². The number of amides is 2. The average molecular weight is 671 g/mol. The number of carbonyl (C=O) groups is 1. The molecule has 0 bridgehead atoms. The number of amidine groups is 1. The van der Waals surface area contributed by atoms with Gasteiger partial charge in [0.25, 0.3) is 0 Å². The van der Waals surface area contributed by atoms with Crippen LogP contribution in [-0.4, -0.2) is 41.4 Å². The number of nitrogens with zero attached hydrogens (tertiary/aromatic N) is 4. The molecular weight excluding hydrogens is 629 g/mol. The second-order valence-electron chi connectivity index (χ2n) is 13.4. The van der Waals surface area contributed by atoms with Gasteiger partial charge in [0.2, 0.25) is 0 Å². The molecule has 2 atom stereocenters. The van der Waals surface area contributed by atoms with Gasteiger partial charge in [-0.2, -0.15) is 0 Å². The van der Waals surface area contributed by atoms with E-state index < -0.39 is 11.1 Å². The highest BCUT2D eigenvalue weighted by Gasteiger charge is 2.60. The fourth-order valence-corrected chi connectivity index (χ4v) is 6.87. The van der Waals surface area contributed by atoms with Gasteiger partial charge in [-0.3, -0.25) is 19.8 Å². The molecule has 0 radical (unpaired) electrons. The van der Waals surface area contributed by atoms with Gasteiger partial charge in [0.1, 0.15) is 22.7 Å². The third-order valence-electron chi connectivity index (χ3n) is 9.42. The summed E-state index contributed by atoms with van der Waals surface area (Å²) in [4.78, 5) is 29.6. The molecule has 2 amide bonds. The summed E-state index contributed by atoms with van der Waals surface area (Å²) in [6, 6.07) is 25.1. The van der Waals surface area contributed by atoms with E-state index in [2.05, 4.69) is 39.9 Å². The Hall–Kier alpha value is -4.07. The number of rotatable bonds is 5. The highest BCUT2D eigenvalue weighted by atomic mass is 35.5. The zero-order valence-electron chi connectivity index (χ0n) is 27.8. The monoisotopic (exact) mass is 669 g/mol. The highest BCUT2D eigenvalue weighted by molar-refractivity contribution is 6.30. The van der Waals surface area contributed by atoms with E-state index in [1.807, 2.05) is 95.6 Å². The Bertz CT molecular complexity index is 1820. The van der Waals surface area contributed by atoms with Gasteiger partial charge in [0, 0.05) is 46.5 Å². The number of nitrogens with one attached hydrogen (secondary N) is 1. The van der Waals surface area contributed by atoms with E-state index in [1.165, 1.54) is 0 Å². The predicted molar refractivity (Wildman–Crippen MR) is 192 cm³/mol. The van der Waals surface area contributed by atoms with Gasteiger partial charge in [-0.15, -0.1) is 0 Å². The first kappa shape index (κ1) is 32.9. The Labute approximate surface area is 287 Å². The third kappa shape index (κ3) is 5.74. The summed E-state index contributed by atoms with van der Waals surface area (Å²) < 4.78 is 6.30. The summed E-state index contributed by atoms with van der Waals surface area (Å²) in [7, 11) is 0. The van der Waals surface area contributed by atoms with Gasteiger partial charge in [-0.1, -0.05) is 80.4 Å². The normalized spacial score (nSPS) is 21.1. The van der Waals surface area contributed by atoms with Crippen molar-refractivity contribution < 1.29 is 9.53 Å². The Morgan fingerprint density at radius 2 is 1.60 bits per heavy atom. The van der Waals surface area contributed by atoms with E-state index in [0.717, 1.165) is 41.2 Å². The summed E-state index contributed by atoms with van der Waals surface area (Å²) >= 11 is 12.8. The molecule has 244 valence electrons. The van der Waals surface area contributed by atoms with Crippen molar-refractivity contribution >= 4 is 46.4 Å². The van der Waals surface area contributed by atoms with Gasteiger partial charge < -0.3 is 10.1 Å². The number of aliphatic imine (C=N–C) groups is 1. The Balaban J connectivity index is 1.65. The summed E-state index contributed by atoms with van der Waals surface area (Å²) in [6.45, 7) is 14.2. The maximum Gasteiger partial charge on any atom is 0.331 e. The molecule has 0 saturated heterocycles. The maximum atomic E-state index is 15.5. The van der Waals surface area contributed by atoms with Crippen LogP contribution in [0.5, 0.6) is 5.75 Å². The number of aromatic nitrogens is 1. The predicted octanol–water partition coefficient (Wildman–Crippen LogP) is 9.42. The van der Waals surface area contributed by atoms with E-state index in [1.54, 1.807) is 6.20 Å². The van der Waals surface area contributed by atoms with Crippen molar-refractivity contribution in [1.82, 2.24) is 9.88 Å². The molecule has 9 heteroatoms. The Kier molecular flexibility index (Phi) is 8.75. The number of urea groups is 1. The molecule has 6 rings (SSSR count). The molecule has 2 aliphatic rings. The van der Waals surface area contributed by atoms with Crippen LogP contribution in [-0.2, 0) is 16.5 Å². The minimum atomic E-state index is -1.03. The van der Waals surface area contributed by atoms with Gasteiger partial charge >= 0.3 is 6.03 Å². The number of hydrogen-bond acceptors (Lipinski definition) is 5. The number of anilines is 2. The quantitative estimate of drug-likeness (QED) is 0.230. The molecule has 1 aromatic heterocycles. The molecular formula is C38H41Cl2N5O2. The first-order chi connectivity index (χ1) is 22.4. The fourth-order valence-electron chi connectivity index (χ4n) is 6.62. The molecule has 0 saturated carbocycles. The largest absolute Gasteiger partial charge is 0.493 e. The van der Waals surface area contributed by atoms with Crippen LogP contribution in [0.1, 0.15) is 70.3 Å². The number of para-hydroxylation sites is 2. The number of carbonyl (C=O) groups excluding carboxylic acids is 1. The van der Waals surface area contributed by atoms with Crippen LogP contribution in [0.4, 0.5) is 16.2 Å². The number of fused-ring (bicyclic) bond motifs is 1. The minimum absolute atomic E-state index is 0.197. The van der Waals surface area contributed by atoms with Crippen molar-refractivity contribution in [3.63, 3.8) is 0 Å². The number of halogens is 2. The summed E-state index contributed by atoms with van der Waals surface area (Å²) in [5.74, 6) is 1.11. The maximum absolute atomic E-state index is 15.5. The van der Waals surface area contributed by atoms with Gasteiger partial charge in [-0.25, -0.2) is 4.79 Å². The van der Waals surface area contributed by atoms with Crippen LogP contribution in [0.15, 0.2) is 90.1 Å². The van der Waals surface area contributed by atoms with E-state index in [4.69, 9.17) is 37.9 Å². The first-order valence-electron chi connectivity index (χ1n) is 16.1. The minimum Gasteiger partial charge on any atom is -0.493 e. The summed E-state index contributed by atoms with van der Waals surface area (Å²) in [5, 5.41) is 4.72. The molecule has 0 fully saturated rings. The number of hydrogen-bond donors (Lipinski definition) is 1. The molecule has 4 aromatic rings. The number of ether oxygens (including phenoxy) is 1. The topological polar surface area (TPSA) is 70.1 Å². The summed E-state index contributed by atoms with van der Waals surface area (Å²) in [5.41, 5.74) is 2.84. The Morgan fingerprint density at radius 1 is 0.957 bits per heavy atom. The van der Waals surface area contributed by atoms with Crippen LogP contribution in [0, 0.1) is 0 Å². The molecule has 7 nitrogen and oxygen atoms in total. The molecule has 3 aromatic carbocycles. The zero-order chi connectivity index (χ0) is 33.6. The second-order valence-corrected chi connectivity index (χ2v) is 14.3. The molecule has 47 heavy (non-hydrogen) atoms. The van der Waals surface area contributed by atoms with E-state index in [0.29, 0.717) is 40.3 Å². The summed E-state index contributed by atoms with van der Waals surface area (Å²) in [6.07, 6.45) is 2.58. The third-order valence-corrected chi connectivity index (χ3v) is 9.92. The van der Waals surface area contributed by atoms with Crippen molar-refractivity contribution in [3.8, 4) is 5.75 Å². The molecule has 2 aliphatic heterocycles. The molecule has 0 unspecified atom stereocenters. The van der Waals surface area contributed by atoms with Gasteiger partial charge in [0.05, 0.1) is 23.5 Å². The van der Waals surface area contributed by atoms with Crippen molar-refractivity contribution in [2.75, 3.05) is 29.9 Å².